The number of benzene rings is 1. The summed E-state index contributed by atoms with van der Waals surface area (Å²) in [6, 6.07) is 12.7. The smallest absolute Gasteiger partial charge is 0.251 e. The Balaban J connectivity index is 0.00000342. The molecule has 3 heterocycles. The van der Waals surface area contributed by atoms with Crippen molar-refractivity contribution in [1.29, 1.82) is 0 Å². The molecule has 1 aromatic carbocycles. The Morgan fingerprint density at radius 3 is 2.56 bits per heavy atom. The second-order valence-corrected chi connectivity index (χ2v) is 11.0. The molecule has 5 heteroatoms. The molecule has 0 unspecified atom stereocenters. The standard InChI is InChI=1S/C29H40N2O3.H2/c1-21-5-10-27(30-28(21)32)26(24-6-8-25(9-7-24)29(2,3)4)17-23-11-14-31(18-23)20-34-19-22-12-15-33-16-13-22;/h5-10,17,22-23H,11-16,18-20H2,1-4H3,(H,30,32);1H/b26-17+;/t23-;/m1./s1. The minimum absolute atomic E-state index is 0. The van der Waals surface area contributed by atoms with Crippen molar-refractivity contribution in [3.8, 4) is 0 Å². The number of nitrogens with zero attached hydrogens (tertiary/aromatic N) is 1. The highest BCUT2D eigenvalue weighted by molar-refractivity contribution is 5.78. The number of pyridine rings is 1. The highest BCUT2D eigenvalue weighted by Crippen LogP contribution is 2.30. The Kier molecular flexibility index (Phi) is 8.07. The number of ether oxygens (including phenoxy) is 2. The summed E-state index contributed by atoms with van der Waals surface area (Å²) in [6.45, 7) is 13.8. The molecular formula is C29H42N2O3. The number of rotatable bonds is 7. The summed E-state index contributed by atoms with van der Waals surface area (Å²) in [5, 5.41) is 0. The van der Waals surface area contributed by atoms with Crippen LogP contribution in [0.4, 0.5) is 0 Å². The number of hydrogen-bond donors (Lipinski definition) is 1. The normalized spacial score (nSPS) is 20.7. The number of H-pyrrole nitrogens is 1. The number of likely N-dealkylation sites (tertiary alicyclic amines) is 1. The Morgan fingerprint density at radius 2 is 1.88 bits per heavy atom. The molecular weight excluding hydrogens is 424 g/mol. The first kappa shape index (κ1) is 24.9. The molecule has 5 nitrogen and oxygen atoms in total. The summed E-state index contributed by atoms with van der Waals surface area (Å²) in [4.78, 5) is 17.9. The fourth-order valence-corrected chi connectivity index (χ4v) is 4.81. The second kappa shape index (κ2) is 11.0. The molecule has 2 fully saturated rings. The number of nitrogens with one attached hydrogen (secondary N) is 1. The van der Waals surface area contributed by atoms with E-state index < -0.39 is 0 Å². The van der Waals surface area contributed by atoms with Crippen LogP contribution in [-0.2, 0) is 14.9 Å². The molecule has 2 aliphatic rings. The highest BCUT2D eigenvalue weighted by Gasteiger charge is 2.23. The van der Waals surface area contributed by atoms with E-state index >= 15 is 0 Å². The van der Waals surface area contributed by atoms with Gasteiger partial charge in [-0.25, -0.2) is 0 Å². The molecule has 2 saturated heterocycles. The molecule has 0 radical (unpaired) electrons. The number of aromatic nitrogens is 1. The molecule has 0 amide bonds. The number of aromatic amines is 1. The van der Waals surface area contributed by atoms with E-state index in [9.17, 15) is 4.79 Å². The van der Waals surface area contributed by atoms with E-state index in [1.54, 1.807) is 0 Å². The van der Waals surface area contributed by atoms with E-state index in [0.717, 1.165) is 74.6 Å². The zero-order valence-corrected chi connectivity index (χ0v) is 21.2. The van der Waals surface area contributed by atoms with E-state index in [1.807, 2.05) is 19.1 Å². The second-order valence-electron chi connectivity index (χ2n) is 11.0. The van der Waals surface area contributed by atoms with E-state index in [4.69, 9.17) is 9.47 Å². The third-order valence-corrected chi connectivity index (χ3v) is 7.14. The van der Waals surface area contributed by atoms with Crippen molar-refractivity contribution in [3.63, 3.8) is 0 Å². The maximum atomic E-state index is 12.4. The Labute approximate surface area is 205 Å². The van der Waals surface area contributed by atoms with Gasteiger partial charge >= 0.3 is 0 Å². The molecule has 0 aliphatic carbocycles. The average molecular weight is 467 g/mol. The van der Waals surface area contributed by atoms with Gasteiger partial charge in [-0.2, -0.15) is 0 Å². The van der Waals surface area contributed by atoms with Crippen molar-refractivity contribution in [1.82, 2.24) is 9.88 Å². The third kappa shape index (κ3) is 6.47. The first-order valence-corrected chi connectivity index (χ1v) is 12.7. The van der Waals surface area contributed by atoms with Crippen molar-refractivity contribution < 1.29 is 10.9 Å². The van der Waals surface area contributed by atoms with Crippen LogP contribution in [0, 0.1) is 18.8 Å². The van der Waals surface area contributed by atoms with E-state index in [0.29, 0.717) is 18.6 Å². The zero-order valence-electron chi connectivity index (χ0n) is 21.2. The van der Waals surface area contributed by atoms with Crippen LogP contribution in [0.3, 0.4) is 0 Å². The predicted molar refractivity (Wildman–Crippen MR) is 140 cm³/mol. The van der Waals surface area contributed by atoms with E-state index in [1.165, 1.54) is 5.56 Å². The van der Waals surface area contributed by atoms with Gasteiger partial charge in [0, 0.05) is 44.6 Å². The average Bonchev–Trinajstić information content (AvgIpc) is 3.27. The van der Waals surface area contributed by atoms with Crippen LogP contribution < -0.4 is 5.56 Å². The van der Waals surface area contributed by atoms with Gasteiger partial charge in [-0.3, -0.25) is 9.69 Å². The zero-order chi connectivity index (χ0) is 24.1. The maximum Gasteiger partial charge on any atom is 0.251 e. The molecule has 34 heavy (non-hydrogen) atoms. The molecule has 1 aromatic heterocycles. The van der Waals surface area contributed by atoms with Crippen LogP contribution in [0.15, 0.2) is 47.3 Å². The lowest BCUT2D eigenvalue weighted by atomic mass is 9.85. The van der Waals surface area contributed by atoms with Gasteiger partial charge in [0.1, 0.15) is 0 Å². The van der Waals surface area contributed by atoms with Gasteiger partial charge in [-0.05, 0) is 60.6 Å². The van der Waals surface area contributed by atoms with Gasteiger partial charge < -0.3 is 14.5 Å². The number of hydrogen-bond acceptors (Lipinski definition) is 4. The van der Waals surface area contributed by atoms with Gasteiger partial charge in [-0.1, -0.05) is 57.2 Å². The first-order valence-electron chi connectivity index (χ1n) is 12.7. The molecule has 186 valence electrons. The Hall–Kier alpha value is -2.21. The largest absolute Gasteiger partial charge is 0.381 e. The Morgan fingerprint density at radius 1 is 1.15 bits per heavy atom. The summed E-state index contributed by atoms with van der Waals surface area (Å²) < 4.78 is 11.5. The lowest BCUT2D eigenvalue weighted by Crippen LogP contribution is -2.27. The fraction of sp³-hybridized carbons (Fsp3) is 0.552. The van der Waals surface area contributed by atoms with E-state index in [-0.39, 0.29) is 12.4 Å². The van der Waals surface area contributed by atoms with Crippen LogP contribution in [0.2, 0.25) is 0 Å². The molecule has 2 aliphatic heterocycles. The molecule has 1 atom stereocenters. The summed E-state index contributed by atoms with van der Waals surface area (Å²) in [6.07, 6.45) is 5.67. The molecule has 1 N–H and O–H groups in total. The SMILES string of the molecule is Cc1ccc(/C(=C/[C@H]2CCN(COCC3CCOCC3)C2)c2ccc(C(C)(C)C)cc2)[nH]c1=O.[HH]. The van der Waals surface area contributed by atoms with Crippen LogP contribution in [0.5, 0.6) is 0 Å². The fourth-order valence-electron chi connectivity index (χ4n) is 4.81. The quantitative estimate of drug-likeness (QED) is 0.595. The topological polar surface area (TPSA) is 54.6 Å². The van der Waals surface area contributed by atoms with Gasteiger partial charge in [0.25, 0.3) is 5.56 Å². The monoisotopic (exact) mass is 466 g/mol. The maximum absolute atomic E-state index is 12.4. The minimum atomic E-state index is -0.0238. The molecule has 0 bridgehead atoms. The third-order valence-electron chi connectivity index (χ3n) is 7.14. The summed E-state index contributed by atoms with van der Waals surface area (Å²) >= 11 is 0. The molecule has 2 aromatic rings. The van der Waals surface area contributed by atoms with Crippen molar-refractivity contribution in [2.45, 2.75) is 52.4 Å². The van der Waals surface area contributed by atoms with Gasteiger partial charge in [0.05, 0.1) is 13.3 Å². The van der Waals surface area contributed by atoms with Crippen LogP contribution >= 0.6 is 0 Å². The molecule has 4 rings (SSSR count). The van der Waals surface area contributed by atoms with Crippen molar-refractivity contribution in [3.05, 3.63) is 75.2 Å². The van der Waals surface area contributed by atoms with Crippen LogP contribution in [0.25, 0.3) is 5.57 Å². The molecule has 0 saturated carbocycles. The lowest BCUT2D eigenvalue weighted by molar-refractivity contribution is -0.0125. The van der Waals surface area contributed by atoms with Crippen molar-refractivity contribution in [2.24, 2.45) is 11.8 Å². The van der Waals surface area contributed by atoms with Crippen LogP contribution in [-0.4, -0.2) is 49.5 Å². The van der Waals surface area contributed by atoms with Crippen LogP contribution in [0.1, 0.15) is 63.8 Å². The summed E-state index contributed by atoms with van der Waals surface area (Å²) in [7, 11) is 0. The molecule has 0 spiro atoms. The van der Waals surface area contributed by atoms with Gasteiger partial charge in [0.15, 0.2) is 0 Å². The van der Waals surface area contributed by atoms with Crippen molar-refractivity contribution in [2.75, 3.05) is 39.6 Å². The highest BCUT2D eigenvalue weighted by atomic mass is 16.5. The summed E-state index contributed by atoms with van der Waals surface area (Å²) in [5.74, 6) is 1.06. The lowest BCUT2D eigenvalue weighted by Gasteiger charge is -2.23. The minimum Gasteiger partial charge on any atom is -0.381 e. The van der Waals surface area contributed by atoms with E-state index in [2.05, 4.69) is 61.0 Å². The first-order chi connectivity index (χ1) is 16.3. The van der Waals surface area contributed by atoms with Gasteiger partial charge in [-0.15, -0.1) is 0 Å². The van der Waals surface area contributed by atoms with Crippen molar-refractivity contribution >= 4 is 5.57 Å². The van der Waals surface area contributed by atoms with Gasteiger partial charge in [0.2, 0.25) is 0 Å². The number of aryl methyl sites for hydroxylation is 1. The Bertz CT molecular complexity index is 1030. The predicted octanol–water partition coefficient (Wildman–Crippen LogP) is 5.38. The summed E-state index contributed by atoms with van der Waals surface area (Å²) in [5.41, 5.74) is 5.26.